The van der Waals surface area contributed by atoms with Crippen LogP contribution < -0.4 is 4.74 Å². The predicted molar refractivity (Wildman–Crippen MR) is 75.1 cm³/mol. The quantitative estimate of drug-likeness (QED) is 0.904. The summed E-state index contributed by atoms with van der Waals surface area (Å²) >= 11 is 5.76. The molecule has 4 nitrogen and oxygen atoms in total. The third-order valence-electron chi connectivity index (χ3n) is 2.97. The predicted octanol–water partition coefficient (Wildman–Crippen LogP) is 3.81. The number of rotatable bonds is 5. The second-order valence-electron chi connectivity index (χ2n) is 4.64. The topological polar surface area (TPSA) is 47.3 Å². The maximum atomic E-state index is 13.0. The molecular weight excluding hydrogens is 321 g/mol. The molecule has 0 radical (unpaired) electrons. The van der Waals surface area contributed by atoms with E-state index in [1.165, 1.54) is 7.05 Å². The van der Waals surface area contributed by atoms with Crippen LogP contribution >= 0.6 is 11.6 Å². The van der Waals surface area contributed by atoms with Gasteiger partial charge in [0.25, 0.3) is 0 Å². The fraction of sp³-hybridized carbons (Fsp3) is 0.357. The van der Waals surface area contributed by atoms with Gasteiger partial charge in [0.05, 0.1) is 0 Å². The summed E-state index contributed by atoms with van der Waals surface area (Å²) < 4.78 is 45.7. The van der Waals surface area contributed by atoms with Gasteiger partial charge in [0, 0.05) is 24.2 Å². The Kier molecular flexibility index (Phi) is 4.97. The molecule has 0 unspecified atom stereocenters. The first-order valence-corrected chi connectivity index (χ1v) is 6.88. The summed E-state index contributed by atoms with van der Waals surface area (Å²) in [5.74, 6) is 0.356. The normalized spacial score (nSPS) is 11.7. The Morgan fingerprint density at radius 3 is 2.45 bits per heavy atom. The first kappa shape index (κ1) is 16.6. The maximum Gasteiger partial charge on any atom is 0.435 e. The van der Waals surface area contributed by atoms with Gasteiger partial charge in [-0.1, -0.05) is 11.6 Å². The lowest BCUT2D eigenvalue weighted by atomic mass is 10.1. The summed E-state index contributed by atoms with van der Waals surface area (Å²) in [6, 6.07) is 6.26. The van der Waals surface area contributed by atoms with E-state index in [1.807, 2.05) is 0 Å². The molecule has 0 amide bonds. The van der Waals surface area contributed by atoms with Gasteiger partial charge in [-0.25, -0.2) is 4.68 Å². The average Bonchev–Trinajstić information content (AvgIpc) is 2.76. The fourth-order valence-electron chi connectivity index (χ4n) is 2.00. The zero-order valence-electron chi connectivity index (χ0n) is 11.7. The average molecular weight is 335 g/mol. The van der Waals surface area contributed by atoms with Gasteiger partial charge in [0.2, 0.25) is 5.88 Å². The lowest BCUT2D eigenvalue weighted by Crippen LogP contribution is -2.10. The number of alkyl halides is 3. The molecule has 0 fully saturated rings. The van der Waals surface area contributed by atoms with Gasteiger partial charge in [-0.15, -0.1) is 0 Å². The number of nitrogens with zero attached hydrogens (tertiary/aromatic N) is 2. The van der Waals surface area contributed by atoms with Crippen LogP contribution in [0.15, 0.2) is 24.3 Å². The van der Waals surface area contributed by atoms with E-state index < -0.39 is 11.9 Å². The highest BCUT2D eigenvalue weighted by atomic mass is 35.5. The first-order valence-electron chi connectivity index (χ1n) is 6.50. The van der Waals surface area contributed by atoms with E-state index in [1.54, 1.807) is 24.3 Å². The Morgan fingerprint density at radius 1 is 1.27 bits per heavy atom. The number of hydrogen-bond donors (Lipinski definition) is 1. The molecule has 0 aliphatic rings. The molecule has 2 aromatic rings. The lowest BCUT2D eigenvalue weighted by Gasteiger charge is -2.10. The number of aryl methyl sites for hydroxylation is 1. The van der Waals surface area contributed by atoms with Gasteiger partial charge >= 0.3 is 6.18 Å². The van der Waals surface area contributed by atoms with E-state index in [2.05, 4.69) is 5.10 Å². The van der Waals surface area contributed by atoms with E-state index in [0.717, 1.165) is 4.68 Å². The van der Waals surface area contributed by atoms with E-state index in [-0.39, 0.29) is 30.9 Å². The molecule has 1 aromatic heterocycles. The van der Waals surface area contributed by atoms with Gasteiger partial charge in [-0.3, -0.25) is 0 Å². The van der Waals surface area contributed by atoms with Crippen molar-refractivity contribution in [2.24, 2.45) is 7.05 Å². The number of hydrogen-bond acceptors (Lipinski definition) is 3. The van der Waals surface area contributed by atoms with Crippen molar-refractivity contribution in [1.29, 1.82) is 0 Å². The van der Waals surface area contributed by atoms with Crippen LogP contribution in [0.4, 0.5) is 13.2 Å². The van der Waals surface area contributed by atoms with Gasteiger partial charge in [-0.05, 0) is 37.1 Å². The summed E-state index contributed by atoms with van der Waals surface area (Å²) in [5, 5.41) is 12.9. The molecule has 0 aliphatic heterocycles. The van der Waals surface area contributed by atoms with Gasteiger partial charge in [0.15, 0.2) is 5.69 Å². The molecule has 0 saturated carbocycles. The summed E-state index contributed by atoms with van der Waals surface area (Å²) in [6.45, 7) is -0.216. The highest BCUT2D eigenvalue weighted by molar-refractivity contribution is 6.30. The summed E-state index contributed by atoms with van der Waals surface area (Å²) in [4.78, 5) is 0. The minimum atomic E-state index is -4.58. The Bertz CT molecular complexity index is 639. The van der Waals surface area contributed by atoms with E-state index in [9.17, 15) is 13.2 Å². The molecule has 2 rings (SSSR count). The Balaban J connectivity index is 2.40. The number of aromatic nitrogens is 2. The van der Waals surface area contributed by atoms with Crippen molar-refractivity contribution in [1.82, 2.24) is 9.78 Å². The van der Waals surface area contributed by atoms with Crippen molar-refractivity contribution in [2.75, 3.05) is 6.61 Å². The smallest absolute Gasteiger partial charge is 0.435 e. The van der Waals surface area contributed by atoms with Crippen molar-refractivity contribution in [3.63, 3.8) is 0 Å². The van der Waals surface area contributed by atoms with Crippen LogP contribution in [0.5, 0.6) is 11.6 Å². The zero-order valence-corrected chi connectivity index (χ0v) is 12.4. The minimum Gasteiger partial charge on any atom is -0.439 e. The van der Waals surface area contributed by atoms with Gasteiger partial charge < -0.3 is 9.84 Å². The number of aliphatic hydroxyl groups is 1. The molecule has 0 bridgehead atoms. The molecule has 1 N–H and O–H groups in total. The summed E-state index contributed by atoms with van der Waals surface area (Å²) in [5.41, 5.74) is -1.06. The zero-order chi connectivity index (χ0) is 16.3. The van der Waals surface area contributed by atoms with E-state index in [0.29, 0.717) is 10.8 Å². The van der Waals surface area contributed by atoms with Crippen LogP contribution in [0, 0.1) is 0 Å². The van der Waals surface area contributed by atoms with E-state index >= 15 is 0 Å². The van der Waals surface area contributed by atoms with Crippen LogP contribution in [0.3, 0.4) is 0 Å². The van der Waals surface area contributed by atoms with Crippen molar-refractivity contribution in [3.8, 4) is 11.6 Å². The standard InChI is InChI=1S/C14H14ClF3N2O2/c1-20-13(22-10-6-4-9(15)5-7-10)11(3-2-8-21)12(19-20)14(16,17)18/h4-7,21H,2-3,8H2,1H3. The minimum absolute atomic E-state index is 0.00287. The monoisotopic (exact) mass is 334 g/mol. The number of aliphatic hydroxyl groups excluding tert-OH is 1. The van der Waals surface area contributed by atoms with Crippen LogP contribution in [0.25, 0.3) is 0 Å². The van der Waals surface area contributed by atoms with Crippen LogP contribution in [0.2, 0.25) is 5.02 Å². The molecule has 0 atom stereocenters. The fourth-order valence-corrected chi connectivity index (χ4v) is 2.13. The molecule has 1 heterocycles. The molecular formula is C14H14ClF3N2O2. The summed E-state index contributed by atoms with van der Waals surface area (Å²) in [7, 11) is 1.38. The lowest BCUT2D eigenvalue weighted by molar-refractivity contribution is -0.142. The van der Waals surface area contributed by atoms with Crippen LogP contribution in [-0.2, 0) is 19.6 Å². The van der Waals surface area contributed by atoms with Crippen LogP contribution in [0.1, 0.15) is 17.7 Å². The van der Waals surface area contributed by atoms with E-state index in [4.69, 9.17) is 21.4 Å². The molecule has 0 aliphatic carbocycles. The number of benzene rings is 1. The maximum absolute atomic E-state index is 13.0. The number of halogens is 4. The third kappa shape index (κ3) is 3.72. The molecule has 8 heteroatoms. The second-order valence-corrected chi connectivity index (χ2v) is 5.07. The largest absolute Gasteiger partial charge is 0.439 e. The molecule has 120 valence electrons. The second kappa shape index (κ2) is 6.58. The molecule has 0 saturated heterocycles. The Labute approximate surface area is 130 Å². The SMILES string of the molecule is Cn1nc(C(F)(F)F)c(CCCO)c1Oc1ccc(Cl)cc1. The molecule has 22 heavy (non-hydrogen) atoms. The van der Waals surface area contributed by atoms with Crippen molar-refractivity contribution in [2.45, 2.75) is 19.0 Å². The number of ether oxygens (including phenoxy) is 1. The molecule has 1 aromatic carbocycles. The molecule has 0 spiro atoms. The highest BCUT2D eigenvalue weighted by Crippen LogP contribution is 2.37. The van der Waals surface area contributed by atoms with Gasteiger partial charge in [-0.2, -0.15) is 18.3 Å². The van der Waals surface area contributed by atoms with Crippen LogP contribution in [-0.4, -0.2) is 21.5 Å². The van der Waals surface area contributed by atoms with Crippen molar-refractivity contribution in [3.05, 3.63) is 40.5 Å². The van der Waals surface area contributed by atoms with Crippen molar-refractivity contribution >= 4 is 11.6 Å². The third-order valence-corrected chi connectivity index (χ3v) is 3.22. The van der Waals surface area contributed by atoms with Gasteiger partial charge in [0.1, 0.15) is 5.75 Å². The Hall–Kier alpha value is -1.73. The van der Waals surface area contributed by atoms with Crippen molar-refractivity contribution < 1.29 is 23.0 Å². The first-order chi connectivity index (χ1) is 10.3. The highest BCUT2D eigenvalue weighted by Gasteiger charge is 2.39. The summed E-state index contributed by atoms with van der Waals surface area (Å²) in [6.07, 6.45) is -4.38. The Morgan fingerprint density at radius 2 is 1.91 bits per heavy atom.